The second-order valence-electron chi connectivity index (χ2n) is 3.47. The van der Waals surface area contributed by atoms with Crippen LogP contribution in [-0.4, -0.2) is 45.8 Å². The van der Waals surface area contributed by atoms with Gasteiger partial charge in [-0.15, -0.1) is 0 Å². The molecule has 5 nitrogen and oxygen atoms in total. The van der Waals surface area contributed by atoms with E-state index in [0.29, 0.717) is 17.2 Å². The molecule has 0 saturated heterocycles. The Morgan fingerprint density at radius 2 is 1.47 bits per heavy atom. The Bertz CT molecular complexity index is 317. The van der Waals surface area contributed by atoms with E-state index in [4.69, 9.17) is 18.9 Å². The fourth-order valence-corrected chi connectivity index (χ4v) is 1.30. The summed E-state index contributed by atoms with van der Waals surface area (Å²) in [5.74, 6) is 1.86. The summed E-state index contributed by atoms with van der Waals surface area (Å²) in [6.07, 6.45) is -0.655. The van der Waals surface area contributed by atoms with Gasteiger partial charge in [0.1, 0.15) is 30.0 Å². The molecule has 0 saturated carbocycles. The van der Waals surface area contributed by atoms with E-state index in [1.807, 2.05) is 0 Å². The quantitative estimate of drug-likeness (QED) is 0.775. The third-order valence-electron chi connectivity index (χ3n) is 2.13. The molecule has 17 heavy (non-hydrogen) atoms. The predicted molar refractivity (Wildman–Crippen MR) is 62.9 cm³/mol. The lowest BCUT2D eigenvalue weighted by atomic mass is 10.3. The van der Waals surface area contributed by atoms with Crippen molar-refractivity contribution >= 4 is 0 Å². The van der Waals surface area contributed by atoms with Crippen LogP contribution < -0.4 is 14.2 Å². The minimum atomic E-state index is -0.655. The van der Waals surface area contributed by atoms with E-state index in [1.165, 1.54) is 7.11 Å². The molecule has 1 aromatic carbocycles. The number of aliphatic hydroxyl groups is 1. The van der Waals surface area contributed by atoms with Gasteiger partial charge in [-0.2, -0.15) is 0 Å². The Kier molecular flexibility index (Phi) is 5.59. The number of aliphatic hydroxyl groups excluding tert-OH is 1. The monoisotopic (exact) mass is 242 g/mol. The van der Waals surface area contributed by atoms with Crippen LogP contribution in [0.1, 0.15) is 0 Å². The summed E-state index contributed by atoms with van der Waals surface area (Å²) < 4.78 is 20.4. The van der Waals surface area contributed by atoms with Crippen LogP contribution in [0.3, 0.4) is 0 Å². The lowest BCUT2D eigenvalue weighted by molar-refractivity contribution is 0.0324. The van der Waals surface area contributed by atoms with Gasteiger partial charge in [-0.05, 0) is 0 Å². The highest BCUT2D eigenvalue weighted by Gasteiger charge is 2.07. The van der Waals surface area contributed by atoms with Crippen LogP contribution in [-0.2, 0) is 4.74 Å². The molecule has 0 bridgehead atoms. The molecule has 1 atom stereocenters. The second-order valence-corrected chi connectivity index (χ2v) is 3.47. The van der Waals surface area contributed by atoms with E-state index >= 15 is 0 Å². The smallest absolute Gasteiger partial charge is 0.126 e. The van der Waals surface area contributed by atoms with E-state index in [0.717, 1.165) is 0 Å². The molecular formula is C12H18O5. The fraction of sp³-hybridized carbons (Fsp3) is 0.500. The SMILES string of the molecule is COCC(O)COc1cc(OC)cc(OC)c1. The Hall–Kier alpha value is -1.46. The summed E-state index contributed by atoms with van der Waals surface area (Å²) >= 11 is 0. The summed E-state index contributed by atoms with van der Waals surface area (Å²) in [7, 11) is 4.66. The topological polar surface area (TPSA) is 57.2 Å². The highest BCUT2D eigenvalue weighted by molar-refractivity contribution is 5.41. The largest absolute Gasteiger partial charge is 0.496 e. The molecular weight excluding hydrogens is 224 g/mol. The zero-order valence-corrected chi connectivity index (χ0v) is 10.3. The maximum atomic E-state index is 9.45. The van der Waals surface area contributed by atoms with Gasteiger partial charge in [-0.1, -0.05) is 0 Å². The minimum Gasteiger partial charge on any atom is -0.496 e. The van der Waals surface area contributed by atoms with Gasteiger partial charge >= 0.3 is 0 Å². The molecule has 96 valence electrons. The van der Waals surface area contributed by atoms with Crippen molar-refractivity contribution in [2.45, 2.75) is 6.10 Å². The van der Waals surface area contributed by atoms with E-state index in [-0.39, 0.29) is 13.2 Å². The highest BCUT2D eigenvalue weighted by atomic mass is 16.5. The van der Waals surface area contributed by atoms with Crippen molar-refractivity contribution in [1.82, 2.24) is 0 Å². The summed E-state index contributed by atoms with van der Waals surface area (Å²) in [4.78, 5) is 0. The fourth-order valence-electron chi connectivity index (χ4n) is 1.30. The Balaban J connectivity index is 2.63. The molecule has 0 spiro atoms. The zero-order chi connectivity index (χ0) is 12.7. The normalized spacial score (nSPS) is 12.0. The van der Waals surface area contributed by atoms with Gasteiger partial charge in [-0.25, -0.2) is 0 Å². The standard InChI is InChI=1S/C12H18O5/c1-14-7-9(13)8-17-12-5-10(15-2)4-11(6-12)16-3/h4-6,9,13H,7-8H2,1-3H3. The van der Waals surface area contributed by atoms with Crippen molar-refractivity contribution in [3.8, 4) is 17.2 Å². The molecule has 0 aliphatic rings. The van der Waals surface area contributed by atoms with Gasteiger partial charge in [0, 0.05) is 25.3 Å². The van der Waals surface area contributed by atoms with Crippen LogP contribution in [0.15, 0.2) is 18.2 Å². The molecule has 1 aromatic rings. The van der Waals surface area contributed by atoms with Crippen LogP contribution in [0.2, 0.25) is 0 Å². The highest BCUT2D eigenvalue weighted by Crippen LogP contribution is 2.27. The third kappa shape index (κ3) is 4.50. The van der Waals surface area contributed by atoms with Crippen molar-refractivity contribution in [1.29, 1.82) is 0 Å². The van der Waals surface area contributed by atoms with Gasteiger partial charge < -0.3 is 24.1 Å². The molecule has 0 radical (unpaired) electrons. The van der Waals surface area contributed by atoms with Crippen molar-refractivity contribution < 1.29 is 24.1 Å². The number of hydrogen-bond acceptors (Lipinski definition) is 5. The van der Waals surface area contributed by atoms with Gasteiger partial charge in [0.25, 0.3) is 0 Å². The number of ether oxygens (including phenoxy) is 4. The van der Waals surface area contributed by atoms with Gasteiger partial charge in [0.15, 0.2) is 0 Å². The Labute approximate surface area is 101 Å². The van der Waals surface area contributed by atoms with Crippen LogP contribution in [0.5, 0.6) is 17.2 Å². The summed E-state index contributed by atoms with van der Waals surface area (Å²) in [5, 5.41) is 9.45. The molecule has 0 heterocycles. The maximum absolute atomic E-state index is 9.45. The number of hydrogen-bond donors (Lipinski definition) is 1. The van der Waals surface area contributed by atoms with Crippen molar-refractivity contribution in [3.63, 3.8) is 0 Å². The Morgan fingerprint density at radius 3 is 1.94 bits per heavy atom. The average Bonchev–Trinajstić information content (AvgIpc) is 2.36. The third-order valence-corrected chi connectivity index (χ3v) is 2.13. The van der Waals surface area contributed by atoms with Gasteiger partial charge in [-0.3, -0.25) is 0 Å². The molecule has 0 aliphatic carbocycles. The first-order valence-corrected chi connectivity index (χ1v) is 5.22. The average molecular weight is 242 g/mol. The summed E-state index contributed by atoms with van der Waals surface area (Å²) in [6, 6.07) is 5.20. The van der Waals surface area contributed by atoms with E-state index < -0.39 is 6.10 Å². The molecule has 0 fully saturated rings. The van der Waals surface area contributed by atoms with Crippen LogP contribution in [0.25, 0.3) is 0 Å². The summed E-state index contributed by atoms with van der Waals surface area (Å²) in [5.41, 5.74) is 0. The van der Waals surface area contributed by atoms with Crippen molar-refractivity contribution in [3.05, 3.63) is 18.2 Å². The first kappa shape index (κ1) is 13.6. The predicted octanol–water partition coefficient (Wildman–Crippen LogP) is 1.09. The summed E-state index contributed by atoms with van der Waals surface area (Å²) in [6.45, 7) is 0.394. The lowest BCUT2D eigenvalue weighted by Crippen LogP contribution is -2.22. The van der Waals surface area contributed by atoms with E-state index in [1.54, 1.807) is 32.4 Å². The number of benzene rings is 1. The van der Waals surface area contributed by atoms with Crippen molar-refractivity contribution in [2.24, 2.45) is 0 Å². The number of methoxy groups -OCH3 is 3. The minimum absolute atomic E-state index is 0.157. The second kappa shape index (κ2) is 6.98. The van der Waals surface area contributed by atoms with Crippen LogP contribution in [0, 0.1) is 0 Å². The van der Waals surface area contributed by atoms with Gasteiger partial charge in [0.2, 0.25) is 0 Å². The molecule has 0 aliphatic heterocycles. The van der Waals surface area contributed by atoms with E-state index in [9.17, 15) is 5.11 Å². The first-order valence-electron chi connectivity index (χ1n) is 5.22. The molecule has 1 unspecified atom stereocenters. The maximum Gasteiger partial charge on any atom is 0.126 e. The Morgan fingerprint density at radius 1 is 0.941 bits per heavy atom. The zero-order valence-electron chi connectivity index (χ0n) is 10.3. The lowest BCUT2D eigenvalue weighted by Gasteiger charge is -2.13. The number of rotatable bonds is 7. The first-order chi connectivity index (χ1) is 8.19. The van der Waals surface area contributed by atoms with Crippen LogP contribution >= 0.6 is 0 Å². The molecule has 1 rings (SSSR count). The van der Waals surface area contributed by atoms with E-state index in [2.05, 4.69) is 0 Å². The van der Waals surface area contributed by atoms with Gasteiger partial charge in [0.05, 0.1) is 20.8 Å². The molecule has 0 aromatic heterocycles. The molecule has 5 heteroatoms. The van der Waals surface area contributed by atoms with Crippen LogP contribution in [0.4, 0.5) is 0 Å². The molecule has 0 amide bonds. The van der Waals surface area contributed by atoms with Crippen molar-refractivity contribution in [2.75, 3.05) is 34.5 Å². The molecule has 1 N–H and O–H groups in total.